The molecular weight excluding hydrogens is 210 g/mol. The molecule has 0 aromatic rings. The molecule has 0 aliphatic heterocycles. The molecule has 2 heteroatoms. The van der Waals surface area contributed by atoms with Gasteiger partial charge in [0.2, 0.25) is 0 Å². The van der Waals surface area contributed by atoms with Crippen molar-refractivity contribution in [3.63, 3.8) is 0 Å². The highest BCUT2D eigenvalue weighted by molar-refractivity contribution is 4.86. The summed E-state index contributed by atoms with van der Waals surface area (Å²) in [6.07, 6.45) is 12.1. The maximum absolute atomic E-state index is 6.04. The van der Waals surface area contributed by atoms with Gasteiger partial charge < -0.3 is 10.5 Å². The molecule has 1 saturated carbocycles. The molecule has 0 bridgehead atoms. The fourth-order valence-electron chi connectivity index (χ4n) is 3.29. The van der Waals surface area contributed by atoms with E-state index >= 15 is 0 Å². The van der Waals surface area contributed by atoms with E-state index in [0.717, 1.165) is 19.1 Å². The van der Waals surface area contributed by atoms with Crippen LogP contribution in [0.4, 0.5) is 0 Å². The third-order valence-electron chi connectivity index (χ3n) is 4.60. The Bertz CT molecular complexity index is 180. The van der Waals surface area contributed by atoms with Crippen LogP contribution in [0.2, 0.25) is 0 Å². The van der Waals surface area contributed by atoms with Crippen molar-refractivity contribution >= 4 is 0 Å². The van der Waals surface area contributed by atoms with Crippen LogP contribution < -0.4 is 5.73 Å². The lowest BCUT2D eigenvalue weighted by Gasteiger charge is -2.39. The third-order valence-corrected chi connectivity index (χ3v) is 4.60. The smallest absolute Gasteiger partial charge is 0.0462 e. The summed E-state index contributed by atoms with van der Waals surface area (Å²) in [7, 11) is 1.79. The molecule has 1 aliphatic rings. The molecule has 0 atom stereocenters. The van der Waals surface area contributed by atoms with Gasteiger partial charge in [-0.1, -0.05) is 26.2 Å². The third kappa shape index (κ3) is 4.97. The normalized spacial score (nSPS) is 29.5. The molecule has 17 heavy (non-hydrogen) atoms. The predicted molar refractivity (Wildman–Crippen MR) is 74.1 cm³/mol. The van der Waals surface area contributed by atoms with Gasteiger partial charge in [0, 0.05) is 13.7 Å². The van der Waals surface area contributed by atoms with Crippen LogP contribution in [0.1, 0.15) is 64.7 Å². The number of methoxy groups -OCH3 is 1. The summed E-state index contributed by atoms with van der Waals surface area (Å²) in [5.74, 6) is 0.985. The van der Waals surface area contributed by atoms with Gasteiger partial charge in [0.1, 0.15) is 0 Å². The van der Waals surface area contributed by atoms with Gasteiger partial charge in [-0.15, -0.1) is 0 Å². The average molecular weight is 241 g/mol. The number of ether oxygens (including phenoxy) is 1. The summed E-state index contributed by atoms with van der Waals surface area (Å²) in [5, 5.41) is 0. The quantitative estimate of drug-likeness (QED) is 0.657. The SMILES string of the molecule is CCCC1CCC(CN)(CCCCOC)CC1. The number of rotatable bonds is 8. The first-order valence-electron chi connectivity index (χ1n) is 7.45. The second kappa shape index (κ2) is 8.10. The van der Waals surface area contributed by atoms with Crippen molar-refractivity contribution in [2.24, 2.45) is 17.1 Å². The zero-order valence-corrected chi connectivity index (χ0v) is 11.8. The molecule has 0 spiro atoms. The summed E-state index contributed by atoms with van der Waals surface area (Å²) in [5.41, 5.74) is 6.51. The first-order valence-corrected chi connectivity index (χ1v) is 7.45. The summed E-state index contributed by atoms with van der Waals surface area (Å²) >= 11 is 0. The van der Waals surface area contributed by atoms with Gasteiger partial charge in [-0.05, 0) is 56.4 Å². The van der Waals surface area contributed by atoms with Crippen molar-refractivity contribution in [1.82, 2.24) is 0 Å². The van der Waals surface area contributed by atoms with Gasteiger partial charge in [0.05, 0.1) is 0 Å². The molecule has 0 saturated heterocycles. The standard InChI is InChI=1S/C15H31NO/c1-3-6-14-7-10-15(13-16,11-8-14)9-4-5-12-17-2/h14H,3-13,16H2,1-2H3. The minimum Gasteiger partial charge on any atom is -0.385 e. The van der Waals surface area contributed by atoms with Crippen molar-refractivity contribution < 1.29 is 4.74 Å². The minimum absolute atomic E-state index is 0.470. The van der Waals surface area contributed by atoms with E-state index in [4.69, 9.17) is 10.5 Å². The molecule has 0 aromatic carbocycles. The molecule has 1 aliphatic carbocycles. The fourth-order valence-corrected chi connectivity index (χ4v) is 3.29. The first-order chi connectivity index (χ1) is 8.26. The van der Waals surface area contributed by atoms with Gasteiger partial charge in [0.25, 0.3) is 0 Å². The van der Waals surface area contributed by atoms with E-state index in [9.17, 15) is 0 Å². The Labute approximate surface area is 107 Å². The van der Waals surface area contributed by atoms with Gasteiger partial charge >= 0.3 is 0 Å². The monoisotopic (exact) mass is 241 g/mol. The average Bonchev–Trinajstić information content (AvgIpc) is 2.37. The van der Waals surface area contributed by atoms with Crippen molar-refractivity contribution in [2.45, 2.75) is 64.7 Å². The van der Waals surface area contributed by atoms with E-state index in [-0.39, 0.29) is 0 Å². The van der Waals surface area contributed by atoms with Crippen molar-refractivity contribution in [1.29, 1.82) is 0 Å². The highest BCUT2D eigenvalue weighted by Crippen LogP contribution is 2.43. The Morgan fingerprint density at radius 1 is 1.24 bits per heavy atom. The molecule has 2 nitrogen and oxygen atoms in total. The summed E-state index contributed by atoms with van der Waals surface area (Å²) in [6, 6.07) is 0. The second-order valence-corrected chi connectivity index (χ2v) is 5.89. The Kier molecular flexibility index (Phi) is 7.14. The number of unbranched alkanes of at least 4 members (excludes halogenated alkanes) is 1. The van der Waals surface area contributed by atoms with Crippen LogP contribution in [-0.4, -0.2) is 20.3 Å². The lowest BCUT2D eigenvalue weighted by atomic mass is 9.67. The maximum atomic E-state index is 6.04. The van der Waals surface area contributed by atoms with Gasteiger partial charge in [-0.25, -0.2) is 0 Å². The van der Waals surface area contributed by atoms with Crippen LogP contribution in [0.15, 0.2) is 0 Å². The van der Waals surface area contributed by atoms with Crippen LogP contribution in [0.25, 0.3) is 0 Å². The molecule has 102 valence electrons. The lowest BCUT2D eigenvalue weighted by molar-refractivity contribution is 0.128. The summed E-state index contributed by atoms with van der Waals surface area (Å²) in [4.78, 5) is 0. The summed E-state index contributed by atoms with van der Waals surface area (Å²) in [6.45, 7) is 4.09. The number of hydrogen-bond acceptors (Lipinski definition) is 2. The first kappa shape index (κ1) is 15.0. The zero-order chi connectivity index (χ0) is 12.6. The van der Waals surface area contributed by atoms with E-state index in [1.807, 2.05) is 0 Å². The number of nitrogens with two attached hydrogens (primary N) is 1. The molecule has 0 radical (unpaired) electrons. The topological polar surface area (TPSA) is 35.2 Å². The molecule has 1 rings (SSSR count). The Morgan fingerprint density at radius 2 is 1.94 bits per heavy atom. The van der Waals surface area contributed by atoms with Crippen LogP contribution in [0.5, 0.6) is 0 Å². The zero-order valence-electron chi connectivity index (χ0n) is 11.8. The van der Waals surface area contributed by atoms with Crippen LogP contribution in [0, 0.1) is 11.3 Å². The van der Waals surface area contributed by atoms with Gasteiger partial charge in [-0.2, -0.15) is 0 Å². The largest absolute Gasteiger partial charge is 0.385 e. The molecular formula is C15H31NO. The highest BCUT2D eigenvalue weighted by Gasteiger charge is 2.33. The van der Waals surface area contributed by atoms with Crippen LogP contribution >= 0.6 is 0 Å². The highest BCUT2D eigenvalue weighted by atomic mass is 16.5. The number of hydrogen-bond donors (Lipinski definition) is 1. The Hall–Kier alpha value is -0.0800. The molecule has 0 amide bonds. The Morgan fingerprint density at radius 3 is 2.47 bits per heavy atom. The van der Waals surface area contributed by atoms with Crippen molar-refractivity contribution in [3.05, 3.63) is 0 Å². The fraction of sp³-hybridized carbons (Fsp3) is 1.00. The predicted octanol–water partition coefficient (Wildman–Crippen LogP) is 3.74. The summed E-state index contributed by atoms with van der Waals surface area (Å²) < 4.78 is 5.12. The van der Waals surface area contributed by atoms with Crippen LogP contribution in [0.3, 0.4) is 0 Å². The maximum Gasteiger partial charge on any atom is 0.0462 e. The Balaban J connectivity index is 2.28. The van der Waals surface area contributed by atoms with E-state index in [1.165, 1.54) is 57.8 Å². The van der Waals surface area contributed by atoms with Gasteiger partial charge in [0.15, 0.2) is 0 Å². The van der Waals surface area contributed by atoms with E-state index in [2.05, 4.69) is 6.92 Å². The molecule has 0 aromatic heterocycles. The van der Waals surface area contributed by atoms with Crippen molar-refractivity contribution in [2.75, 3.05) is 20.3 Å². The lowest BCUT2D eigenvalue weighted by Crippen LogP contribution is -2.35. The minimum atomic E-state index is 0.470. The second-order valence-electron chi connectivity index (χ2n) is 5.89. The van der Waals surface area contributed by atoms with E-state index in [1.54, 1.807) is 7.11 Å². The van der Waals surface area contributed by atoms with Crippen LogP contribution in [-0.2, 0) is 4.74 Å². The molecule has 1 fully saturated rings. The van der Waals surface area contributed by atoms with E-state index < -0.39 is 0 Å². The van der Waals surface area contributed by atoms with Gasteiger partial charge in [-0.3, -0.25) is 0 Å². The van der Waals surface area contributed by atoms with Crippen molar-refractivity contribution in [3.8, 4) is 0 Å². The molecule has 0 heterocycles. The molecule has 0 unspecified atom stereocenters. The molecule has 2 N–H and O–H groups in total. The van der Waals surface area contributed by atoms with E-state index in [0.29, 0.717) is 5.41 Å².